The van der Waals surface area contributed by atoms with Gasteiger partial charge < -0.3 is 13.7 Å². The van der Waals surface area contributed by atoms with Crippen LogP contribution in [0.25, 0.3) is 143 Å². The third-order valence-electron chi connectivity index (χ3n) is 16.0. The fraction of sp³-hybridized carbons (Fsp3) is 0. The van der Waals surface area contributed by atoms with Gasteiger partial charge in [-0.3, -0.25) is 0 Å². The van der Waals surface area contributed by atoms with Crippen molar-refractivity contribution in [2.24, 2.45) is 0 Å². The molecule has 9 heteroatoms. The molecular weight excluding hydrogens is 1010 g/mol. The van der Waals surface area contributed by atoms with E-state index in [4.69, 9.17) is 16.5 Å². The average molecular weight is 1060 g/mol. The summed E-state index contributed by atoms with van der Waals surface area (Å²) in [4.78, 5) is 13.8. The molecule has 83 heavy (non-hydrogen) atoms. The molecular formula is C74H41N9. The highest BCUT2D eigenvalue weighted by Gasteiger charge is 2.21. The van der Waals surface area contributed by atoms with E-state index in [-0.39, 0.29) is 0 Å². The second kappa shape index (κ2) is 19.3. The highest BCUT2D eigenvalue weighted by molar-refractivity contribution is 6.14. The van der Waals surface area contributed by atoms with Crippen molar-refractivity contribution in [3.63, 3.8) is 0 Å². The van der Waals surface area contributed by atoms with Gasteiger partial charge in [0.25, 0.3) is 0 Å². The lowest BCUT2D eigenvalue weighted by Gasteiger charge is -2.13. The van der Waals surface area contributed by atoms with Crippen LogP contribution in [0.4, 0.5) is 5.69 Å². The smallest absolute Gasteiger partial charge is 0.195 e. The summed E-state index contributed by atoms with van der Waals surface area (Å²) < 4.78 is 7.14. The number of benzene rings is 11. The van der Waals surface area contributed by atoms with Gasteiger partial charge in [0.15, 0.2) is 11.5 Å². The number of hydrogen-bond acceptors (Lipinski definition) is 5. The molecule has 4 heterocycles. The van der Waals surface area contributed by atoms with E-state index >= 15 is 0 Å². The Morgan fingerprint density at radius 2 is 0.723 bits per heavy atom. The van der Waals surface area contributed by atoms with Gasteiger partial charge >= 0.3 is 0 Å². The molecule has 382 valence electrons. The Morgan fingerprint density at radius 1 is 0.325 bits per heavy atom. The first-order valence-corrected chi connectivity index (χ1v) is 27.1. The van der Waals surface area contributed by atoms with E-state index in [1.165, 1.54) is 21.5 Å². The van der Waals surface area contributed by atoms with Crippen LogP contribution in [0.15, 0.2) is 249 Å². The summed E-state index contributed by atoms with van der Waals surface area (Å²) in [5, 5.41) is 36.8. The summed E-state index contributed by atoms with van der Waals surface area (Å²) in [5.74, 6) is 0.387. The molecule has 4 aromatic heterocycles. The quantitative estimate of drug-likeness (QED) is 0.141. The maximum absolute atomic E-state index is 10.7. The van der Waals surface area contributed by atoms with Crippen molar-refractivity contribution in [3.05, 3.63) is 277 Å². The minimum Gasteiger partial charge on any atom is -0.309 e. The topological polar surface area (TPSA) is 116 Å². The second-order valence-electron chi connectivity index (χ2n) is 20.6. The second-order valence-corrected chi connectivity index (χ2v) is 20.6. The lowest BCUT2D eigenvalue weighted by molar-refractivity contribution is 1.16. The first-order chi connectivity index (χ1) is 40.9. The molecule has 0 fully saturated rings. The molecule has 0 bridgehead atoms. The molecule has 15 aromatic rings. The maximum Gasteiger partial charge on any atom is 0.195 e. The Hall–Kier alpha value is -12.1. The Balaban J connectivity index is 0.804. The first-order valence-electron chi connectivity index (χ1n) is 27.1. The van der Waals surface area contributed by atoms with E-state index in [1.807, 2.05) is 24.3 Å². The van der Waals surface area contributed by atoms with Gasteiger partial charge in [0, 0.05) is 66.1 Å². The van der Waals surface area contributed by atoms with Crippen molar-refractivity contribution in [1.29, 1.82) is 15.8 Å². The number of rotatable bonds is 8. The first kappa shape index (κ1) is 48.0. The van der Waals surface area contributed by atoms with Gasteiger partial charge in [-0.15, -0.1) is 0 Å². The lowest BCUT2D eigenvalue weighted by atomic mass is 9.94. The van der Waals surface area contributed by atoms with E-state index in [0.29, 0.717) is 56.3 Å². The van der Waals surface area contributed by atoms with Crippen LogP contribution in [0.2, 0.25) is 0 Å². The third-order valence-corrected chi connectivity index (χ3v) is 16.0. The minimum atomic E-state index is 0.346. The number of hydrogen-bond donors (Lipinski definition) is 0. The van der Waals surface area contributed by atoms with Crippen molar-refractivity contribution in [2.45, 2.75) is 0 Å². The van der Waals surface area contributed by atoms with Crippen LogP contribution in [-0.2, 0) is 0 Å². The van der Waals surface area contributed by atoms with Crippen molar-refractivity contribution in [1.82, 2.24) is 23.7 Å². The summed E-state index contributed by atoms with van der Waals surface area (Å²) in [6.45, 7) is 8.36. The number of nitriles is 3. The summed E-state index contributed by atoms with van der Waals surface area (Å²) in [5.41, 5.74) is 18.2. The highest BCUT2D eigenvalue weighted by Crippen LogP contribution is 2.42. The zero-order valence-electron chi connectivity index (χ0n) is 44.2. The molecule has 11 aromatic carbocycles. The molecule has 9 nitrogen and oxygen atoms in total. The van der Waals surface area contributed by atoms with E-state index in [0.717, 1.165) is 83.2 Å². The molecule has 0 amide bonds. The number of nitrogens with zero attached hydrogens (tertiary/aromatic N) is 9. The molecule has 0 saturated heterocycles. The molecule has 0 aliphatic rings. The Kier molecular flexibility index (Phi) is 11.2. The Morgan fingerprint density at radius 3 is 1.19 bits per heavy atom. The normalized spacial score (nSPS) is 11.3. The fourth-order valence-electron chi connectivity index (χ4n) is 12.1. The van der Waals surface area contributed by atoms with E-state index in [9.17, 15) is 15.8 Å². The highest BCUT2D eigenvalue weighted by atomic mass is 15.0. The average Bonchev–Trinajstić information content (AvgIpc) is 2.67. The summed E-state index contributed by atoms with van der Waals surface area (Å²) in [6.07, 6.45) is 0. The number of aromatic nitrogens is 5. The van der Waals surface area contributed by atoms with Gasteiger partial charge in [-0.05, 0) is 150 Å². The molecule has 0 atom stereocenters. The fourth-order valence-corrected chi connectivity index (χ4v) is 12.1. The van der Waals surface area contributed by atoms with Crippen LogP contribution >= 0.6 is 0 Å². The van der Waals surface area contributed by atoms with Crippen molar-refractivity contribution < 1.29 is 0 Å². The molecule has 0 aliphatic heterocycles. The largest absolute Gasteiger partial charge is 0.309 e. The minimum absolute atomic E-state index is 0.346. The number of fused-ring (bicyclic) bond motifs is 9. The van der Waals surface area contributed by atoms with E-state index in [1.54, 1.807) is 54.6 Å². The van der Waals surface area contributed by atoms with E-state index < -0.39 is 0 Å². The van der Waals surface area contributed by atoms with Gasteiger partial charge in [-0.1, -0.05) is 121 Å². The summed E-state index contributed by atoms with van der Waals surface area (Å²) in [6, 6.07) is 91.2. The van der Waals surface area contributed by atoms with Crippen LogP contribution < -0.4 is 0 Å². The Bertz CT molecular complexity index is 4990. The number of para-hydroxylation sites is 4. The zero-order chi connectivity index (χ0) is 55.7. The predicted molar refractivity (Wildman–Crippen MR) is 333 cm³/mol. The van der Waals surface area contributed by atoms with E-state index in [2.05, 4.69) is 207 Å². The molecule has 0 aliphatic carbocycles. The van der Waals surface area contributed by atoms with Crippen molar-refractivity contribution >= 4 is 71.1 Å². The standard InChI is InChI=1S/C74H41N9/c1-78-66-41-62(67-42-65(51-22-18-46(43-75)19-23-51)79-74(80-67)52-24-20-47(44-76)21-25-52)53(45-77)38-61(66)50-28-26-48(27-29-50)49-30-32-54(33-31-49)81-72-36-34-55(82-68-14-6-2-10-57(68)58-11-3-7-15-69(58)82)39-63(72)64-40-56(35-37-73(64)81)83-70-16-8-4-12-59(70)60-13-5-9-17-71(60)83/h2-42H. The molecule has 0 N–H and O–H groups in total. The zero-order valence-corrected chi connectivity index (χ0v) is 44.2. The van der Waals surface area contributed by atoms with Crippen molar-refractivity contribution in [3.8, 4) is 91.4 Å². The monoisotopic (exact) mass is 1060 g/mol. The van der Waals surface area contributed by atoms with Crippen molar-refractivity contribution in [2.75, 3.05) is 0 Å². The predicted octanol–water partition coefficient (Wildman–Crippen LogP) is 18.3. The van der Waals surface area contributed by atoms with Gasteiger partial charge in [0.05, 0.1) is 86.0 Å². The van der Waals surface area contributed by atoms with Gasteiger partial charge in [0.1, 0.15) is 0 Å². The molecule has 0 spiro atoms. The molecule has 0 radical (unpaired) electrons. The van der Waals surface area contributed by atoms with Crippen LogP contribution in [0.1, 0.15) is 16.7 Å². The van der Waals surface area contributed by atoms with Crippen LogP contribution in [-0.4, -0.2) is 23.7 Å². The molecule has 0 unspecified atom stereocenters. The third kappa shape index (κ3) is 7.90. The van der Waals surface area contributed by atoms with Crippen LogP contribution in [0.5, 0.6) is 0 Å². The van der Waals surface area contributed by atoms with Gasteiger partial charge in [-0.2, -0.15) is 15.8 Å². The SMILES string of the molecule is [C-]#[N+]c1cc(-c2cc(-c3ccc(C#N)cc3)nc(-c3ccc(C#N)cc3)n2)c(C#N)cc1-c1ccc(-c2ccc(-n3c4ccc(-n5c6ccccc6c6ccccc65)cc4c4cc(-n5c6ccccc6c6ccccc65)ccc43)cc2)cc1. The Labute approximate surface area is 476 Å². The molecule has 0 saturated carbocycles. The van der Waals surface area contributed by atoms with Crippen LogP contribution in [0.3, 0.4) is 0 Å². The summed E-state index contributed by atoms with van der Waals surface area (Å²) >= 11 is 0. The lowest BCUT2D eigenvalue weighted by Crippen LogP contribution is -1.98. The summed E-state index contributed by atoms with van der Waals surface area (Å²) in [7, 11) is 0. The molecule has 15 rings (SSSR count). The van der Waals surface area contributed by atoms with Gasteiger partial charge in [0.2, 0.25) is 0 Å². The maximum atomic E-state index is 10.7. The van der Waals surface area contributed by atoms with Gasteiger partial charge in [-0.25, -0.2) is 14.8 Å². The van der Waals surface area contributed by atoms with Crippen LogP contribution in [0, 0.1) is 40.6 Å².